The van der Waals surface area contributed by atoms with E-state index in [1.165, 1.54) is 0 Å². The van der Waals surface area contributed by atoms with E-state index in [1.54, 1.807) is 0 Å². The lowest BCUT2D eigenvalue weighted by Crippen LogP contribution is -2.40. The number of ether oxygens (including phenoxy) is 1. The van der Waals surface area contributed by atoms with E-state index in [4.69, 9.17) is 4.74 Å². The Bertz CT molecular complexity index is 968. The molecule has 0 bridgehead atoms. The molecule has 2 atom stereocenters. The van der Waals surface area contributed by atoms with E-state index < -0.39 is 0 Å². The van der Waals surface area contributed by atoms with E-state index in [0.29, 0.717) is 25.4 Å². The highest BCUT2D eigenvalue weighted by Gasteiger charge is 2.29. The lowest BCUT2D eigenvalue weighted by atomic mass is 9.94. The highest BCUT2D eigenvalue weighted by molar-refractivity contribution is 5.91. The van der Waals surface area contributed by atoms with Gasteiger partial charge in [-0.05, 0) is 54.5 Å². The second-order valence-electron chi connectivity index (χ2n) is 10.1. The highest BCUT2D eigenvalue weighted by atomic mass is 16.5. The molecule has 1 aliphatic rings. The van der Waals surface area contributed by atoms with Crippen molar-refractivity contribution in [3.05, 3.63) is 59.7 Å². The largest absolute Gasteiger partial charge is 0.377 e. The fraction of sp³-hybridized carbons (Fsp3) is 0.517. The molecule has 1 fully saturated rings. The standard InChI is InChI=1S/C29H41N3O3/c1-6-26(22-11-8-7-9-12-22)29(34)32(20-25-13-10-16-35-25)19-23-18-24(14-15-27(23)31(4)5)30-28(33)17-21(2)3/h7-9,11-12,14-15,18,21,25-26H,6,10,13,16-17,19-20H2,1-5H3,(H,30,33)/t25-,26+/m1/s1. The third-order valence-electron chi connectivity index (χ3n) is 6.47. The summed E-state index contributed by atoms with van der Waals surface area (Å²) >= 11 is 0. The van der Waals surface area contributed by atoms with Gasteiger partial charge in [-0.15, -0.1) is 0 Å². The summed E-state index contributed by atoms with van der Waals surface area (Å²) in [5.41, 5.74) is 3.84. The number of nitrogens with zero attached hydrogens (tertiary/aromatic N) is 2. The van der Waals surface area contributed by atoms with Crippen molar-refractivity contribution in [3.8, 4) is 0 Å². The predicted molar refractivity (Wildman–Crippen MR) is 143 cm³/mol. The second kappa shape index (κ2) is 12.7. The van der Waals surface area contributed by atoms with Crippen molar-refractivity contribution in [1.82, 2.24) is 4.90 Å². The Labute approximate surface area is 210 Å². The van der Waals surface area contributed by atoms with Gasteiger partial charge in [0.2, 0.25) is 11.8 Å². The molecule has 1 aliphatic heterocycles. The monoisotopic (exact) mass is 479 g/mol. The summed E-state index contributed by atoms with van der Waals surface area (Å²) in [6.07, 6.45) is 3.27. The molecular weight excluding hydrogens is 438 g/mol. The molecule has 0 saturated carbocycles. The molecule has 0 aromatic heterocycles. The fourth-order valence-corrected chi connectivity index (χ4v) is 4.74. The molecular formula is C29H41N3O3. The van der Waals surface area contributed by atoms with E-state index in [0.717, 1.165) is 48.4 Å². The molecule has 0 aliphatic carbocycles. The summed E-state index contributed by atoms with van der Waals surface area (Å²) in [6, 6.07) is 16.0. The molecule has 0 unspecified atom stereocenters. The molecule has 3 rings (SSSR count). The number of amides is 2. The molecule has 35 heavy (non-hydrogen) atoms. The lowest BCUT2D eigenvalue weighted by molar-refractivity contribution is -0.135. The molecule has 0 spiro atoms. The van der Waals surface area contributed by atoms with Crippen LogP contribution in [0.1, 0.15) is 63.5 Å². The first-order valence-electron chi connectivity index (χ1n) is 12.8. The van der Waals surface area contributed by atoms with E-state index in [2.05, 4.69) is 17.1 Å². The van der Waals surface area contributed by atoms with Gasteiger partial charge in [0.05, 0.1) is 12.0 Å². The van der Waals surface area contributed by atoms with Gasteiger partial charge in [-0.1, -0.05) is 51.1 Å². The van der Waals surface area contributed by atoms with E-state index in [1.807, 2.05) is 81.4 Å². The SMILES string of the molecule is CC[C@H](C(=O)N(Cc1cc(NC(=O)CC(C)C)ccc1N(C)C)C[C@H]1CCCO1)c1ccccc1. The number of carbonyl (C=O) groups is 2. The Morgan fingerprint density at radius 3 is 2.46 bits per heavy atom. The van der Waals surface area contributed by atoms with Crippen molar-refractivity contribution in [2.75, 3.05) is 37.5 Å². The topological polar surface area (TPSA) is 61.9 Å². The smallest absolute Gasteiger partial charge is 0.230 e. The van der Waals surface area contributed by atoms with Crippen molar-refractivity contribution in [2.24, 2.45) is 5.92 Å². The van der Waals surface area contributed by atoms with Crippen molar-refractivity contribution < 1.29 is 14.3 Å². The normalized spacial score (nSPS) is 16.2. The average molecular weight is 480 g/mol. The van der Waals surface area contributed by atoms with Crippen molar-refractivity contribution in [2.45, 2.75) is 65.0 Å². The first kappa shape index (κ1) is 26.7. The van der Waals surface area contributed by atoms with Gasteiger partial charge in [0.25, 0.3) is 0 Å². The Kier molecular flexibility index (Phi) is 9.73. The van der Waals surface area contributed by atoms with Crippen LogP contribution in [0.25, 0.3) is 0 Å². The van der Waals surface area contributed by atoms with Gasteiger partial charge in [-0.3, -0.25) is 9.59 Å². The minimum atomic E-state index is -0.200. The van der Waals surface area contributed by atoms with Gasteiger partial charge in [0.1, 0.15) is 0 Å². The number of rotatable bonds is 11. The fourth-order valence-electron chi connectivity index (χ4n) is 4.74. The number of nitrogens with one attached hydrogen (secondary N) is 1. The van der Waals surface area contributed by atoms with Crippen LogP contribution in [-0.4, -0.2) is 50.1 Å². The Morgan fingerprint density at radius 1 is 1.11 bits per heavy atom. The van der Waals surface area contributed by atoms with Gasteiger partial charge in [-0.25, -0.2) is 0 Å². The van der Waals surface area contributed by atoms with Crippen LogP contribution in [-0.2, 0) is 20.9 Å². The van der Waals surface area contributed by atoms with Crippen molar-refractivity contribution in [3.63, 3.8) is 0 Å². The minimum absolute atomic E-state index is 0.00552. The zero-order valence-electron chi connectivity index (χ0n) is 21.9. The number of hydrogen-bond donors (Lipinski definition) is 1. The van der Waals surface area contributed by atoms with E-state index >= 15 is 0 Å². The average Bonchev–Trinajstić information content (AvgIpc) is 3.32. The van der Waals surface area contributed by atoms with Gasteiger partial charge in [0.15, 0.2) is 0 Å². The van der Waals surface area contributed by atoms with Crippen LogP contribution in [0, 0.1) is 5.92 Å². The van der Waals surface area contributed by atoms with Crippen LogP contribution in [0.4, 0.5) is 11.4 Å². The second-order valence-corrected chi connectivity index (χ2v) is 10.1. The third-order valence-corrected chi connectivity index (χ3v) is 6.47. The molecule has 2 aromatic rings. The summed E-state index contributed by atoms with van der Waals surface area (Å²) in [4.78, 5) is 30.3. The maximum absolute atomic E-state index is 13.9. The van der Waals surface area contributed by atoms with Crippen LogP contribution >= 0.6 is 0 Å². The summed E-state index contributed by atoms with van der Waals surface area (Å²) in [7, 11) is 4.00. The van der Waals surface area contributed by atoms with Gasteiger partial charge < -0.3 is 19.9 Å². The Morgan fingerprint density at radius 2 is 1.86 bits per heavy atom. The number of hydrogen-bond acceptors (Lipinski definition) is 4. The summed E-state index contributed by atoms with van der Waals surface area (Å²) in [5, 5.41) is 3.03. The summed E-state index contributed by atoms with van der Waals surface area (Å²) in [5.74, 6) is 0.215. The summed E-state index contributed by atoms with van der Waals surface area (Å²) < 4.78 is 5.92. The van der Waals surface area contributed by atoms with Gasteiger partial charge >= 0.3 is 0 Å². The number of benzene rings is 2. The van der Waals surface area contributed by atoms with Gasteiger partial charge in [0, 0.05) is 51.6 Å². The van der Waals surface area contributed by atoms with Crippen molar-refractivity contribution in [1.29, 1.82) is 0 Å². The van der Waals surface area contributed by atoms with Crippen molar-refractivity contribution >= 4 is 23.2 Å². The molecule has 190 valence electrons. The maximum Gasteiger partial charge on any atom is 0.230 e. The zero-order chi connectivity index (χ0) is 25.4. The molecule has 6 heteroatoms. The Balaban J connectivity index is 1.90. The molecule has 1 saturated heterocycles. The predicted octanol–water partition coefficient (Wildman–Crippen LogP) is 5.44. The summed E-state index contributed by atoms with van der Waals surface area (Å²) in [6.45, 7) is 7.92. The maximum atomic E-state index is 13.9. The van der Waals surface area contributed by atoms with Crippen LogP contribution in [0.15, 0.2) is 48.5 Å². The molecule has 1 heterocycles. The van der Waals surface area contributed by atoms with E-state index in [-0.39, 0.29) is 23.8 Å². The highest BCUT2D eigenvalue weighted by Crippen LogP contribution is 2.29. The number of anilines is 2. The van der Waals surface area contributed by atoms with Crippen LogP contribution in [0.5, 0.6) is 0 Å². The van der Waals surface area contributed by atoms with E-state index in [9.17, 15) is 9.59 Å². The quantitative estimate of drug-likeness (QED) is 0.466. The Hall–Kier alpha value is -2.86. The molecule has 1 N–H and O–H groups in total. The van der Waals surface area contributed by atoms with Crippen LogP contribution in [0.3, 0.4) is 0 Å². The van der Waals surface area contributed by atoms with Gasteiger partial charge in [-0.2, -0.15) is 0 Å². The molecule has 0 radical (unpaired) electrons. The van der Waals surface area contributed by atoms with Crippen LogP contribution < -0.4 is 10.2 Å². The minimum Gasteiger partial charge on any atom is -0.377 e. The molecule has 2 amide bonds. The zero-order valence-corrected chi connectivity index (χ0v) is 21.9. The first-order valence-corrected chi connectivity index (χ1v) is 12.8. The third kappa shape index (κ3) is 7.56. The number of carbonyl (C=O) groups excluding carboxylic acids is 2. The first-order chi connectivity index (χ1) is 16.8. The lowest BCUT2D eigenvalue weighted by Gasteiger charge is -2.31. The molecule has 6 nitrogen and oxygen atoms in total. The van der Waals surface area contributed by atoms with Crippen LogP contribution in [0.2, 0.25) is 0 Å². The molecule has 2 aromatic carbocycles.